The van der Waals surface area contributed by atoms with Crippen molar-refractivity contribution in [1.82, 2.24) is 15.0 Å². The number of ether oxygens (including phenoxy) is 1. The molecule has 0 aliphatic rings. The zero-order valence-electron chi connectivity index (χ0n) is 9.02. The molecule has 1 aromatic carbocycles. The monoisotopic (exact) mass is 305 g/mol. The van der Waals surface area contributed by atoms with Gasteiger partial charge in [0.25, 0.3) is 0 Å². The van der Waals surface area contributed by atoms with Crippen molar-refractivity contribution in [2.45, 2.75) is 0 Å². The second-order valence-corrected chi connectivity index (χ2v) is 4.48. The SMILES string of the molecule is COC(=O)c1cnn(-c2c(Cl)cc(Cl)cc2Cl)n1. The van der Waals surface area contributed by atoms with Crippen LogP contribution >= 0.6 is 34.8 Å². The topological polar surface area (TPSA) is 57.0 Å². The summed E-state index contributed by atoms with van der Waals surface area (Å²) in [5.41, 5.74) is 0.400. The van der Waals surface area contributed by atoms with Gasteiger partial charge in [-0.2, -0.15) is 5.10 Å². The van der Waals surface area contributed by atoms with Crippen LogP contribution in [0.25, 0.3) is 5.69 Å². The molecule has 0 spiro atoms. The lowest BCUT2D eigenvalue weighted by atomic mass is 10.3. The van der Waals surface area contributed by atoms with Gasteiger partial charge < -0.3 is 4.74 Å². The van der Waals surface area contributed by atoms with Crippen LogP contribution < -0.4 is 0 Å². The molecule has 0 fully saturated rings. The summed E-state index contributed by atoms with van der Waals surface area (Å²) >= 11 is 17.8. The number of hydrogen-bond acceptors (Lipinski definition) is 4. The number of rotatable bonds is 2. The number of esters is 1. The van der Waals surface area contributed by atoms with E-state index in [1.54, 1.807) is 0 Å². The van der Waals surface area contributed by atoms with Crippen LogP contribution in [-0.4, -0.2) is 28.1 Å². The Morgan fingerprint density at radius 1 is 1.28 bits per heavy atom. The van der Waals surface area contributed by atoms with Crippen molar-refractivity contribution < 1.29 is 9.53 Å². The highest BCUT2D eigenvalue weighted by Crippen LogP contribution is 2.31. The van der Waals surface area contributed by atoms with Crippen LogP contribution in [0.3, 0.4) is 0 Å². The van der Waals surface area contributed by atoms with Crippen LogP contribution in [0.5, 0.6) is 0 Å². The van der Waals surface area contributed by atoms with Gasteiger partial charge in [0, 0.05) is 5.02 Å². The number of aromatic nitrogens is 3. The van der Waals surface area contributed by atoms with E-state index in [1.807, 2.05) is 0 Å². The van der Waals surface area contributed by atoms with E-state index in [9.17, 15) is 4.79 Å². The summed E-state index contributed by atoms with van der Waals surface area (Å²) in [6, 6.07) is 3.01. The molecule has 2 rings (SSSR count). The quantitative estimate of drug-likeness (QED) is 0.800. The molecule has 0 unspecified atom stereocenters. The smallest absolute Gasteiger partial charge is 0.360 e. The maximum atomic E-state index is 11.3. The van der Waals surface area contributed by atoms with Crippen molar-refractivity contribution >= 4 is 40.8 Å². The van der Waals surface area contributed by atoms with E-state index in [-0.39, 0.29) is 15.7 Å². The first-order chi connectivity index (χ1) is 8.52. The van der Waals surface area contributed by atoms with E-state index in [1.165, 1.54) is 25.4 Å². The molecule has 94 valence electrons. The number of carbonyl (C=O) groups excluding carboxylic acids is 1. The number of hydrogen-bond donors (Lipinski definition) is 0. The van der Waals surface area contributed by atoms with Crippen LogP contribution in [0.1, 0.15) is 10.5 Å². The molecule has 0 radical (unpaired) electrons. The average Bonchev–Trinajstić information content (AvgIpc) is 2.76. The third kappa shape index (κ3) is 2.43. The molecule has 0 atom stereocenters. The standard InChI is InChI=1S/C10H6Cl3N3O2/c1-18-10(17)8-4-14-16(15-8)9-6(12)2-5(11)3-7(9)13/h2-4H,1H3. The fraction of sp³-hybridized carbons (Fsp3) is 0.100. The Kier molecular flexibility index (Phi) is 3.75. The number of carbonyl (C=O) groups is 1. The molecule has 2 aromatic rings. The first kappa shape index (κ1) is 13.1. The normalized spacial score (nSPS) is 10.4. The fourth-order valence-electron chi connectivity index (χ4n) is 1.29. The minimum Gasteiger partial charge on any atom is -0.464 e. The number of methoxy groups -OCH3 is 1. The van der Waals surface area contributed by atoms with Crippen molar-refractivity contribution in [1.29, 1.82) is 0 Å². The Morgan fingerprint density at radius 3 is 2.44 bits per heavy atom. The van der Waals surface area contributed by atoms with Gasteiger partial charge in [-0.15, -0.1) is 9.90 Å². The van der Waals surface area contributed by atoms with E-state index in [0.717, 1.165) is 4.80 Å². The molecule has 0 saturated heterocycles. The van der Waals surface area contributed by atoms with Crippen LogP contribution in [0.4, 0.5) is 0 Å². The van der Waals surface area contributed by atoms with Gasteiger partial charge in [0.05, 0.1) is 23.4 Å². The predicted molar refractivity (Wildman–Crippen MR) is 67.7 cm³/mol. The highest BCUT2D eigenvalue weighted by molar-refractivity contribution is 6.40. The molecule has 8 heteroatoms. The first-order valence-electron chi connectivity index (χ1n) is 4.68. The number of halogens is 3. The molecule has 18 heavy (non-hydrogen) atoms. The van der Waals surface area contributed by atoms with Crippen molar-refractivity contribution in [3.8, 4) is 5.69 Å². The van der Waals surface area contributed by atoms with Crippen LogP contribution in [-0.2, 0) is 4.74 Å². The summed E-state index contributed by atoms with van der Waals surface area (Å²) in [6.45, 7) is 0. The third-order valence-corrected chi connectivity index (χ3v) is 2.86. The minimum atomic E-state index is -0.595. The van der Waals surface area contributed by atoms with E-state index in [2.05, 4.69) is 14.9 Å². The molecule has 0 saturated carbocycles. The molecule has 0 aliphatic heterocycles. The third-order valence-electron chi connectivity index (χ3n) is 2.07. The first-order valence-corrected chi connectivity index (χ1v) is 5.82. The molecule has 0 bridgehead atoms. The zero-order chi connectivity index (χ0) is 13.3. The number of benzene rings is 1. The second-order valence-electron chi connectivity index (χ2n) is 3.23. The van der Waals surface area contributed by atoms with Crippen LogP contribution in [0.15, 0.2) is 18.3 Å². The van der Waals surface area contributed by atoms with Gasteiger partial charge in [-0.05, 0) is 12.1 Å². The Morgan fingerprint density at radius 2 is 1.89 bits per heavy atom. The minimum absolute atomic E-state index is 0.0552. The van der Waals surface area contributed by atoms with Gasteiger partial charge in [0.1, 0.15) is 5.69 Å². The van der Waals surface area contributed by atoms with Gasteiger partial charge in [0.2, 0.25) is 0 Å². The van der Waals surface area contributed by atoms with Crippen molar-refractivity contribution in [3.05, 3.63) is 39.1 Å². The van der Waals surface area contributed by atoms with Crippen molar-refractivity contribution in [2.24, 2.45) is 0 Å². The lowest BCUT2D eigenvalue weighted by Gasteiger charge is -2.05. The Hall–Kier alpha value is -1.30. The maximum Gasteiger partial charge on any atom is 0.360 e. The average molecular weight is 307 g/mol. The van der Waals surface area contributed by atoms with Crippen LogP contribution in [0.2, 0.25) is 15.1 Å². The molecule has 5 nitrogen and oxygen atoms in total. The van der Waals surface area contributed by atoms with Crippen molar-refractivity contribution in [2.75, 3.05) is 7.11 Å². The largest absolute Gasteiger partial charge is 0.464 e. The molecular weight excluding hydrogens is 300 g/mol. The summed E-state index contributed by atoms with van der Waals surface area (Å²) in [4.78, 5) is 12.4. The van der Waals surface area contributed by atoms with Gasteiger partial charge in [-0.3, -0.25) is 0 Å². The van der Waals surface area contributed by atoms with E-state index in [4.69, 9.17) is 34.8 Å². The summed E-state index contributed by atoms with van der Waals surface area (Å²) in [7, 11) is 1.25. The Balaban J connectivity index is 2.49. The lowest BCUT2D eigenvalue weighted by Crippen LogP contribution is -2.05. The van der Waals surface area contributed by atoms with Gasteiger partial charge in [-0.25, -0.2) is 4.79 Å². The van der Waals surface area contributed by atoms with Gasteiger partial charge in [-0.1, -0.05) is 34.8 Å². The molecule has 1 heterocycles. The van der Waals surface area contributed by atoms with E-state index < -0.39 is 5.97 Å². The number of nitrogens with zero attached hydrogens (tertiary/aromatic N) is 3. The van der Waals surface area contributed by atoms with E-state index >= 15 is 0 Å². The van der Waals surface area contributed by atoms with E-state index in [0.29, 0.717) is 10.7 Å². The lowest BCUT2D eigenvalue weighted by molar-refractivity contribution is 0.0593. The van der Waals surface area contributed by atoms with Gasteiger partial charge in [0.15, 0.2) is 5.69 Å². The van der Waals surface area contributed by atoms with Gasteiger partial charge >= 0.3 is 5.97 Å². The van der Waals surface area contributed by atoms with Crippen molar-refractivity contribution in [3.63, 3.8) is 0 Å². The highest BCUT2D eigenvalue weighted by Gasteiger charge is 2.16. The molecule has 0 N–H and O–H groups in total. The molecule has 0 aliphatic carbocycles. The molecule has 1 aromatic heterocycles. The fourth-order valence-corrected chi connectivity index (χ4v) is 2.26. The zero-order valence-corrected chi connectivity index (χ0v) is 11.3. The molecular formula is C10H6Cl3N3O2. The summed E-state index contributed by atoms with van der Waals surface area (Å²) in [5, 5.41) is 8.77. The summed E-state index contributed by atoms with van der Waals surface area (Å²) in [5.74, 6) is -0.595. The maximum absolute atomic E-state index is 11.3. The second kappa shape index (κ2) is 5.14. The predicted octanol–water partition coefficient (Wildman–Crippen LogP) is 3.01. The summed E-state index contributed by atoms with van der Waals surface area (Å²) < 4.78 is 4.52. The highest BCUT2D eigenvalue weighted by atomic mass is 35.5. The van der Waals surface area contributed by atoms with Crippen LogP contribution in [0, 0.1) is 0 Å². The summed E-state index contributed by atoms with van der Waals surface area (Å²) in [6.07, 6.45) is 1.26. The Bertz CT molecular complexity index is 589. The molecule has 0 amide bonds. The Labute approximate surface area is 117 Å².